The van der Waals surface area contributed by atoms with Crippen molar-refractivity contribution >= 4 is 60.8 Å². The van der Waals surface area contributed by atoms with Crippen LogP contribution >= 0.6 is 15.9 Å². The van der Waals surface area contributed by atoms with Crippen LogP contribution in [-0.2, 0) is 0 Å². The van der Waals surface area contributed by atoms with Gasteiger partial charge in [0.05, 0.1) is 22.6 Å². The molecule has 6 rings (SSSR count). The van der Waals surface area contributed by atoms with Gasteiger partial charge in [0.15, 0.2) is 5.76 Å². The molecule has 0 amide bonds. The predicted molar refractivity (Wildman–Crippen MR) is 145 cm³/mol. The second-order valence-electron chi connectivity index (χ2n) is 8.48. The summed E-state index contributed by atoms with van der Waals surface area (Å²) in [6, 6.07) is 22.3. The molecule has 0 aliphatic carbocycles. The van der Waals surface area contributed by atoms with Crippen LogP contribution in [0.3, 0.4) is 0 Å². The number of carbonyl (C=O) groups excluding carboxylic acids is 1. The van der Waals surface area contributed by atoms with Crippen LogP contribution in [0.2, 0.25) is 0 Å². The molecule has 36 heavy (non-hydrogen) atoms. The van der Waals surface area contributed by atoms with Crippen LogP contribution in [0.25, 0.3) is 44.4 Å². The van der Waals surface area contributed by atoms with Crippen LogP contribution in [0.4, 0.5) is 0 Å². The molecular formula is C28H19BrN4O3. The minimum Gasteiger partial charge on any atom is -0.453 e. The van der Waals surface area contributed by atoms with Crippen molar-refractivity contribution in [3.8, 4) is 11.6 Å². The lowest BCUT2D eigenvalue weighted by molar-refractivity contribution is 0.0939. The number of rotatable bonds is 3. The highest BCUT2D eigenvalue weighted by atomic mass is 79.9. The highest BCUT2D eigenvalue weighted by molar-refractivity contribution is 9.10. The Kier molecular flexibility index (Phi) is 5.19. The van der Waals surface area contributed by atoms with Gasteiger partial charge in [-0.15, -0.1) is 0 Å². The molecule has 176 valence electrons. The third kappa shape index (κ3) is 3.49. The Bertz CT molecular complexity index is 1930. The fraction of sp³-hybridized carbons (Fsp3) is 0.0714. The normalized spacial score (nSPS) is 11.9. The second-order valence-corrected chi connectivity index (χ2v) is 9.39. The van der Waals surface area contributed by atoms with Gasteiger partial charge in [-0.2, -0.15) is 9.78 Å². The summed E-state index contributed by atoms with van der Waals surface area (Å²) >= 11 is 3.48. The van der Waals surface area contributed by atoms with Crippen molar-refractivity contribution in [2.24, 2.45) is 5.10 Å². The quantitative estimate of drug-likeness (QED) is 0.245. The first-order chi connectivity index (χ1) is 17.4. The number of hydrogen-bond acceptors (Lipinski definition) is 5. The highest BCUT2D eigenvalue weighted by Crippen LogP contribution is 2.30. The fourth-order valence-corrected chi connectivity index (χ4v) is 4.97. The van der Waals surface area contributed by atoms with Crippen LogP contribution in [0.15, 0.2) is 91.6 Å². The van der Waals surface area contributed by atoms with Crippen molar-refractivity contribution in [3.63, 3.8) is 0 Å². The lowest BCUT2D eigenvalue weighted by atomic mass is 10.1. The molecule has 0 unspecified atom stereocenters. The third-order valence-corrected chi connectivity index (χ3v) is 6.72. The molecule has 0 N–H and O–H groups in total. The van der Waals surface area contributed by atoms with Crippen molar-refractivity contribution < 1.29 is 9.21 Å². The molecule has 0 spiro atoms. The lowest BCUT2D eigenvalue weighted by Crippen LogP contribution is -2.20. The maximum atomic E-state index is 13.6. The van der Waals surface area contributed by atoms with Crippen molar-refractivity contribution in [2.45, 2.75) is 13.8 Å². The van der Waals surface area contributed by atoms with Gasteiger partial charge in [0.1, 0.15) is 5.58 Å². The molecule has 0 aliphatic heterocycles. The number of fused-ring (bicyclic) bond motifs is 3. The van der Waals surface area contributed by atoms with Gasteiger partial charge in [0.25, 0.3) is 5.56 Å². The standard InChI is InChI=1S/C28H19BrN4O3/c1-16-22(20-7-4-6-10-24(20)32(16)17(2)34)15-30-33-27(31-23-9-5-3-8-21(23)28(33)35)26-14-18-13-19(29)11-12-25(18)36-26/h3-15H,1-2H3. The summed E-state index contributed by atoms with van der Waals surface area (Å²) in [4.78, 5) is 30.7. The van der Waals surface area contributed by atoms with E-state index in [4.69, 9.17) is 9.40 Å². The van der Waals surface area contributed by atoms with Gasteiger partial charge in [-0.25, -0.2) is 4.98 Å². The van der Waals surface area contributed by atoms with Crippen molar-refractivity contribution in [2.75, 3.05) is 0 Å². The molecule has 0 saturated carbocycles. The Balaban J connectivity index is 1.60. The van der Waals surface area contributed by atoms with Gasteiger partial charge < -0.3 is 4.42 Å². The summed E-state index contributed by atoms with van der Waals surface area (Å²) in [5.74, 6) is 0.614. The Morgan fingerprint density at radius 3 is 2.58 bits per heavy atom. The summed E-state index contributed by atoms with van der Waals surface area (Å²) in [5, 5.41) is 6.78. The minimum atomic E-state index is -0.318. The van der Waals surface area contributed by atoms with E-state index in [1.165, 1.54) is 11.6 Å². The van der Waals surface area contributed by atoms with Crippen molar-refractivity contribution in [3.05, 3.63) is 98.9 Å². The number of hydrogen-bond donors (Lipinski definition) is 0. The molecule has 0 fully saturated rings. The van der Waals surface area contributed by atoms with Crippen LogP contribution in [0.5, 0.6) is 0 Å². The van der Waals surface area contributed by atoms with Crippen LogP contribution in [-0.4, -0.2) is 26.3 Å². The van der Waals surface area contributed by atoms with Gasteiger partial charge in [-0.05, 0) is 49.4 Å². The third-order valence-electron chi connectivity index (χ3n) is 6.23. The van der Waals surface area contributed by atoms with Crippen molar-refractivity contribution in [1.82, 2.24) is 14.2 Å². The number of para-hydroxylation sites is 2. The molecule has 0 atom stereocenters. The number of carbonyl (C=O) groups is 1. The minimum absolute atomic E-state index is 0.0954. The van der Waals surface area contributed by atoms with E-state index >= 15 is 0 Å². The first-order valence-corrected chi connectivity index (χ1v) is 12.1. The fourth-order valence-electron chi connectivity index (χ4n) is 4.59. The van der Waals surface area contributed by atoms with E-state index in [2.05, 4.69) is 21.0 Å². The molecule has 0 radical (unpaired) electrons. The molecule has 0 saturated heterocycles. The van der Waals surface area contributed by atoms with E-state index in [-0.39, 0.29) is 17.3 Å². The number of aromatic nitrogens is 3. The number of nitrogens with zero attached hydrogens (tertiary/aromatic N) is 4. The monoisotopic (exact) mass is 538 g/mol. The maximum Gasteiger partial charge on any atom is 0.282 e. The number of halogens is 1. The number of benzene rings is 3. The first kappa shape index (κ1) is 22.2. The molecule has 6 aromatic rings. The van der Waals surface area contributed by atoms with E-state index in [1.54, 1.807) is 29.0 Å². The van der Waals surface area contributed by atoms with Crippen LogP contribution in [0, 0.1) is 6.92 Å². The van der Waals surface area contributed by atoms with Crippen LogP contribution < -0.4 is 5.56 Å². The molecule has 3 aromatic carbocycles. The zero-order chi connectivity index (χ0) is 25.0. The first-order valence-electron chi connectivity index (χ1n) is 11.3. The Morgan fingerprint density at radius 2 is 1.78 bits per heavy atom. The van der Waals surface area contributed by atoms with E-state index in [1.807, 2.05) is 61.5 Å². The summed E-state index contributed by atoms with van der Waals surface area (Å²) in [7, 11) is 0. The van der Waals surface area contributed by atoms with E-state index in [0.717, 1.165) is 32.0 Å². The predicted octanol–water partition coefficient (Wildman–Crippen LogP) is 6.38. The Morgan fingerprint density at radius 1 is 1.03 bits per heavy atom. The topological polar surface area (TPSA) is 82.4 Å². The maximum absolute atomic E-state index is 13.6. The van der Waals surface area contributed by atoms with Gasteiger partial charge in [0, 0.05) is 33.4 Å². The van der Waals surface area contributed by atoms with E-state index in [9.17, 15) is 9.59 Å². The second kappa shape index (κ2) is 8.42. The molecular weight excluding hydrogens is 520 g/mol. The summed E-state index contributed by atoms with van der Waals surface area (Å²) in [6.45, 7) is 3.39. The largest absolute Gasteiger partial charge is 0.453 e. The summed E-state index contributed by atoms with van der Waals surface area (Å²) in [6.07, 6.45) is 1.61. The molecule has 8 heteroatoms. The molecule has 3 heterocycles. The van der Waals surface area contributed by atoms with E-state index < -0.39 is 0 Å². The zero-order valence-electron chi connectivity index (χ0n) is 19.4. The Labute approximate surface area is 213 Å². The summed E-state index contributed by atoms with van der Waals surface area (Å²) in [5.41, 5.74) is 3.18. The van der Waals surface area contributed by atoms with Gasteiger partial charge in [-0.3, -0.25) is 14.2 Å². The van der Waals surface area contributed by atoms with Crippen LogP contribution in [0.1, 0.15) is 23.0 Å². The van der Waals surface area contributed by atoms with Crippen molar-refractivity contribution in [1.29, 1.82) is 0 Å². The lowest BCUT2D eigenvalue weighted by Gasteiger charge is -2.07. The van der Waals surface area contributed by atoms with Gasteiger partial charge in [-0.1, -0.05) is 46.3 Å². The number of furan rings is 1. The molecule has 0 bridgehead atoms. The average molecular weight is 539 g/mol. The molecule has 7 nitrogen and oxygen atoms in total. The van der Waals surface area contributed by atoms with Gasteiger partial charge >= 0.3 is 0 Å². The van der Waals surface area contributed by atoms with Gasteiger partial charge in [0.2, 0.25) is 11.7 Å². The summed E-state index contributed by atoms with van der Waals surface area (Å²) < 4.78 is 9.89. The van der Waals surface area contributed by atoms with E-state index in [0.29, 0.717) is 22.2 Å². The zero-order valence-corrected chi connectivity index (χ0v) is 21.0. The Hall–Kier alpha value is -4.30. The SMILES string of the molecule is CC(=O)n1c(C)c(C=Nn2c(-c3cc4cc(Br)ccc4o3)nc3ccccc3c2=O)c2ccccc21. The average Bonchev–Trinajstić information content (AvgIpc) is 3.41. The smallest absolute Gasteiger partial charge is 0.282 e. The highest BCUT2D eigenvalue weighted by Gasteiger charge is 2.18. The molecule has 3 aromatic heterocycles. The molecule has 0 aliphatic rings.